The van der Waals surface area contributed by atoms with Gasteiger partial charge >= 0.3 is 0 Å². The average molecular weight is 186 g/mol. The Balaban J connectivity index is 3.37. The molecule has 0 rings (SSSR count). The van der Waals surface area contributed by atoms with Crippen LogP contribution in [0.25, 0.3) is 0 Å². The lowest BCUT2D eigenvalue weighted by atomic mass is 10.1. The fraction of sp³-hybridized carbons (Fsp3) is 0.900. The number of carbonyl (C=O) groups excluding carboxylic acids is 1. The Labute approximate surface area is 81.3 Å². The summed E-state index contributed by atoms with van der Waals surface area (Å²) in [5, 5.41) is 5.79. The molecule has 0 spiro atoms. The maximum Gasteiger partial charge on any atom is 0.236 e. The zero-order valence-electron chi connectivity index (χ0n) is 9.18. The van der Waals surface area contributed by atoms with E-state index in [4.69, 9.17) is 0 Å². The Morgan fingerprint density at radius 2 is 1.92 bits per heavy atom. The number of hydrogen-bond acceptors (Lipinski definition) is 2. The molecule has 0 radical (unpaired) electrons. The molecule has 3 nitrogen and oxygen atoms in total. The monoisotopic (exact) mass is 186 g/mol. The molecule has 78 valence electrons. The van der Waals surface area contributed by atoms with Crippen molar-refractivity contribution in [3.63, 3.8) is 0 Å². The molecule has 0 fully saturated rings. The molecule has 0 aliphatic carbocycles. The van der Waals surface area contributed by atoms with Crippen LogP contribution in [0.5, 0.6) is 0 Å². The third-order valence-electron chi connectivity index (χ3n) is 2.05. The van der Waals surface area contributed by atoms with Crippen molar-refractivity contribution < 1.29 is 4.79 Å². The molecular formula is C10H22N2O. The minimum Gasteiger partial charge on any atom is -0.358 e. The van der Waals surface area contributed by atoms with Crippen molar-refractivity contribution in [1.82, 2.24) is 10.6 Å². The Hall–Kier alpha value is -0.570. The molecule has 1 atom stereocenters. The number of amides is 1. The van der Waals surface area contributed by atoms with Crippen LogP contribution in [0, 0.1) is 5.92 Å². The first-order valence-corrected chi connectivity index (χ1v) is 5.03. The van der Waals surface area contributed by atoms with Gasteiger partial charge in [-0.3, -0.25) is 4.79 Å². The number of likely N-dealkylation sites (N-methyl/N-ethyl adjacent to an activating group) is 1. The molecule has 1 amide bonds. The van der Waals surface area contributed by atoms with E-state index < -0.39 is 0 Å². The molecule has 0 aromatic carbocycles. The molecule has 0 aliphatic heterocycles. The lowest BCUT2D eigenvalue weighted by Crippen LogP contribution is -2.40. The van der Waals surface area contributed by atoms with Gasteiger partial charge in [-0.25, -0.2) is 0 Å². The first kappa shape index (κ1) is 12.4. The molecule has 0 heterocycles. The maximum absolute atomic E-state index is 11.1. The highest BCUT2D eigenvalue weighted by Gasteiger charge is 2.08. The fourth-order valence-corrected chi connectivity index (χ4v) is 1.14. The van der Waals surface area contributed by atoms with Gasteiger partial charge in [-0.2, -0.15) is 0 Å². The van der Waals surface area contributed by atoms with Crippen LogP contribution in [0.1, 0.15) is 33.6 Å². The molecule has 3 heteroatoms. The van der Waals surface area contributed by atoms with Gasteiger partial charge in [0.2, 0.25) is 5.91 Å². The van der Waals surface area contributed by atoms with Crippen LogP contribution in [0.2, 0.25) is 0 Å². The van der Waals surface area contributed by atoms with E-state index in [0.717, 1.165) is 18.9 Å². The first-order chi connectivity index (χ1) is 6.07. The predicted octanol–water partition coefficient (Wildman–Crippen LogP) is 1.15. The summed E-state index contributed by atoms with van der Waals surface area (Å²) < 4.78 is 0. The summed E-state index contributed by atoms with van der Waals surface area (Å²) in [5.74, 6) is 0.807. The highest BCUT2D eigenvalue weighted by molar-refractivity contribution is 5.80. The van der Waals surface area contributed by atoms with Gasteiger partial charge in [0, 0.05) is 7.05 Å². The van der Waals surface area contributed by atoms with Crippen molar-refractivity contribution in [2.75, 3.05) is 13.6 Å². The standard InChI is InChI=1S/C10H22N2O/c1-8(2)6-5-7-12-9(3)10(13)11-4/h8-9,12H,5-7H2,1-4H3,(H,11,13). The van der Waals surface area contributed by atoms with Gasteiger partial charge in [0.25, 0.3) is 0 Å². The fourth-order valence-electron chi connectivity index (χ4n) is 1.14. The van der Waals surface area contributed by atoms with E-state index in [0.29, 0.717) is 0 Å². The summed E-state index contributed by atoms with van der Waals surface area (Å²) in [6, 6.07) is -0.0721. The highest BCUT2D eigenvalue weighted by atomic mass is 16.2. The van der Waals surface area contributed by atoms with Gasteiger partial charge in [0.15, 0.2) is 0 Å². The number of rotatable bonds is 6. The van der Waals surface area contributed by atoms with E-state index in [1.807, 2.05) is 6.92 Å². The summed E-state index contributed by atoms with van der Waals surface area (Å²) in [7, 11) is 1.66. The lowest BCUT2D eigenvalue weighted by Gasteiger charge is -2.12. The van der Waals surface area contributed by atoms with Crippen molar-refractivity contribution >= 4 is 5.91 Å². The molecule has 0 saturated carbocycles. The van der Waals surface area contributed by atoms with Crippen LogP contribution >= 0.6 is 0 Å². The van der Waals surface area contributed by atoms with Gasteiger partial charge < -0.3 is 10.6 Å². The van der Waals surface area contributed by atoms with Crippen molar-refractivity contribution in [2.24, 2.45) is 5.92 Å². The van der Waals surface area contributed by atoms with Gasteiger partial charge in [-0.1, -0.05) is 13.8 Å². The SMILES string of the molecule is CNC(=O)C(C)NCCCC(C)C. The third-order valence-corrected chi connectivity index (χ3v) is 2.05. The molecule has 0 aromatic heterocycles. The second kappa shape index (κ2) is 6.89. The van der Waals surface area contributed by atoms with Gasteiger partial charge in [-0.15, -0.1) is 0 Å². The van der Waals surface area contributed by atoms with Crippen LogP contribution in [-0.4, -0.2) is 25.5 Å². The van der Waals surface area contributed by atoms with Crippen LogP contribution in [-0.2, 0) is 4.79 Å². The molecule has 1 unspecified atom stereocenters. The Morgan fingerprint density at radius 3 is 2.38 bits per heavy atom. The van der Waals surface area contributed by atoms with Crippen LogP contribution in [0.3, 0.4) is 0 Å². The summed E-state index contributed by atoms with van der Waals surface area (Å²) >= 11 is 0. The molecule has 0 bridgehead atoms. The zero-order valence-corrected chi connectivity index (χ0v) is 9.18. The lowest BCUT2D eigenvalue weighted by molar-refractivity contribution is -0.122. The number of carbonyl (C=O) groups is 1. The van der Waals surface area contributed by atoms with E-state index in [2.05, 4.69) is 24.5 Å². The van der Waals surface area contributed by atoms with E-state index >= 15 is 0 Å². The van der Waals surface area contributed by atoms with Crippen LogP contribution in [0.15, 0.2) is 0 Å². The molecule has 0 saturated heterocycles. The highest BCUT2D eigenvalue weighted by Crippen LogP contribution is 2.01. The quantitative estimate of drug-likeness (QED) is 0.611. The van der Waals surface area contributed by atoms with E-state index in [1.54, 1.807) is 7.05 Å². The minimum absolute atomic E-state index is 0.0598. The normalized spacial score (nSPS) is 13.0. The molecule has 0 aliphatic rings. The predicted molar refractivity (Wildman–Crippen MR) is 55.6 cm³/mol. The summed E-state index contributed by atoms with van der Waals surface area (Å²) in [6.45, 7) is 7.23. The summed E-state index contributed by atoms with van der Waals surface area (Å²) in [5.41, 5.74) is 0. The molecule has 13 heavy (non-hydrogen) atoms. The smallest absolute Gasteiger partial charge is 0.236 e. The summed E-state index contributed by atoms with van der Waals surface area (Å²) in [6.07, 6.45) is 2.35. The van der Waals surface area contributed by atoms with Crippen molar-refractivity contribution in [1.29, 1.82) is 0 Å². The van der Waals surface area contributed by atoms with Crippen molar-refractivity contribution in [2.45, 2.75) is 39.7 Å². The topological polar surface area (TPSA) is 41.1 Å². The second-order valence-corrected chi connectivity index (χ2v) is 3.83. The van der Waals surface area contributed by atoms with Gasteiger partial charge in [0.1, 0.15) is 0 Å². The van der Waals surface area contributed by atoms with Crippen LogP contribution < -0.4 is 10.6 Å². The van der Waals surface area contributed by atoms with Gasteiger partial charge in [0.05, 0.1) is 6.04 Å². The second-order valence-electron chi connectivity index (χ2n) is 3.83. The molecule has 0 aromatic rings. The Morgan fingerprint density at radius 1 is 1.31 bits per heavy atom. The number of nitrogens with one attached hydrogen (secondary N) is 2. The average Bonchev–Trinajstić information content (AvgIpc) is 2.10. The Bertz CT molecular complexity index is 146. The maximum atomic E-state index is 11.1. The third kappa shape index (κ3) is 6.58. The minimum atomic E-state index is -0.0721. The van der Waals surface area contributed by atoms with Crippen molar-refractivity contribution in [3.8, 4) is 0 Å². The molecular weight excluding hydrogens is 164 g/mol. The largest absolute Gasteiger partial charge is 0.358 e. The zero-order chi connectivity index (χ0) is 10.3. The van der Waals surface area contributed by atoms with Crippen molar-refractivity contribution in [3.05, 3.63) is 0 Å². The van der Waals surface area contributed by atoms with E-state index in [-0.39, 0.29) is 11.9 Å². The number of hydrogen-bond donors (Lipinski definition) is 2. The van der Waals surface area contributed by atoms with Gasteiger partial charge in [-0.05, 0) is 32.2 Å². The molecule has 2 N–H and O–H groups in total. The first-order valence-electron chi connectivity index (χ1n) is 5.03. The summed E-state index contributed by atoms with van der Waals surface area (Å²) in [4.78, 5) is 11.1. The van der Waals surface area contributed by atoms with E-state index in [1.165, 1.54) is 6.42 Å². The van der Waals surface area contributed by atoms with E-state index in [9.17, 15) is 4.79 Å². The Kier molecular flexibility index (Phi) is 6.59. The van der Waals surface area contributed by atoms with Crippen LogP contribution in [0.4, 0.5) is 0 Å².